The molecule has 0 unspecified atom stereocenters. The van der Waals surface area contributed by atoms with Crippen LogP contribution in [0.4, 0.5) is 17.4 Å². The lowest BCUT2D eigenvalue weighted by Gasteiger charge is -2.06. The molecule has 6 nitrogen and oxygen atoms in total. The van der Waals surface area contributed by atoms with E-state index in [1.165, 1.54) is 0 Å². The van der Waals surface area contributed by atoms with Gasteiger partial charge in [0.15, 0.2) is 5.76 Å². The lowest BCUT2D eigenvalue weighted by atomic mass is 10.1. The van der Waals surface area contributed by atoms with E-state index in [4.69, 9.17) is 9.68 Å². The van der Waals surface area contributed by atoms with Gasteiger partial charge in [-0.05, 0) is 54.1 Å². The van der Waals surface area contributed by atoms with E-state index in [0.29, 0.717) is 28.7 Å². The first-order chi connectivity index (χ1) is 11.2. The highest BCUT2D eigenvalue weighted by Crippen LogP contribution is 2.28. The summed E-state index contributed by atoms with van der Waals surface area (Å²) in [6, 6.07) is 14.5. The van der Waals surface area contributed by atoms with Crippen molar-refractivity contribution in [3.8, 4) is 17.4 Å². The van der Waals surface area contributed by atoms with Gasteiger partial charge >= 0.3 is 0 Å². The fourth-order valence-corrected chi connectivity index (χ4v) is 2.09. The monoisotopic (exact) mass is 304 g/mol. The normalized spacial score (nSPS) is 10.1. The Morgan fingerprint density at radius 1 is 1.22 bits per heavy atom. The molecule has 1 N–H and O–H groups in total. The van der Waals surface area contributed by atoms with Gasteiger partial charge in [0.1, 0.15) is 5.69 Å². The van der Waals surface area contributed by atoms with Crippen LogP contribution in [0, 0.1) is 23.2 Å². The first kappa shape index (κ1) is 14.5. The molecular formula is C17H12N4O2. The molecule has 1 heterocycles. The molecule has 23 heavy (non-hydrogen) atoms. The van der Waals surface area contributed by atoms with E-state index in [1.807, 2.05) is 6.92 Å². The van der Waals surface area contributed by atoms with Crippen molar-refractivity contribution in [3.63, 3.8) is 0 Å². The molecule has 0 saturated heterocycles. The van der Waals surface area contributed by atoms with E-state index in [2.05, 4.69) is 21.5 Å². The third-order valence-electron chi connectivity index (χ3n) is 3.37. The zero-order chi connectivity index (χ0) is 16.2. The molecule has 0 spiro atoms. The Labute approximate surface area is 132 Å². The molecule has 3 rings (SSSR count). The Morgan fingerprint density at radius 2 is 2.00 bits per heavy atom. The van der Waals surface area contributed by atoms with Gasteiger partial charge < -0.3 is 9.73 Å². The van der Waals surface area contributed by atoms with Crippen LogP contribution in [0.25, 0.3) is 11.3 Å². The third kappa shape index (κ3) is 3.09. The van der Waals surface area contributed by atoms with Crippen LogP contribution in [-0.2, 0) is 0 Å². The van der Waals surface area contributed by atoms with E-state index >= 15 is 0 Å². The van der Waals surface area contributed by atoms with Crippen molar-refractivity contribution in [1.29, 1.82) is 5.26 Å². The van der Waals surface area contributed by atoms with Crippen LogP contribution in [0.2, 0.25) is 0 Å². The van der Waals surface area contributed by atoms with Crippen molar-refractivity contribution in [2.45, 2.75) is 6.92 Å². The minimum Gasteiger partial charge on any atom is -0.423 e. The second-order valence-electron chi connectivity index (χ2n) is 4.93. The summed E-state index contributed by atoms with van der Waals surface area (Å²) in [5, 5.41) is 14.8. The molecule has 0 aliphatic heterocycles. The molecule has 0 bridgehead atoms. The number of aromatic nitrogens is 1. The predicted molar refractivity (Wildman–Crippen MR) is 86.6 cm³/mol. The molecule has 6 heteroatoms. The Morgan fingerprint density at radius 3 is 2.70 bits per heavy atom. The van der Waals surface area contributed by atoms with Crippen LogP contribution in [0.3, 0.4) is 0 Å². The van der Waals surface area contributed by atoms with E-state index in [0.717, 1.165) is 11.1 Å². The summed E-state index contributed by atoms with van der Waals surface area (Å²) in [5.74, 6) is 0.583. The average Bonchev–Trinajstić information content (AvgIpc) is 3.05. The smallest absolute Gasteiger partial charge is 0.299 e. The van der Waals surface area contributed by atoms with Crippen molar-refractivity contribution in [2.24, 2.45) is 5.18 Å². The average molecular weight is 304 g/mol. The lowest BCUT2D eigenvalue weighted by molar-refractivity contribution is 0.592. The third-order valence-corrected chi connectivity index (χ3v) is 3.37. The Hall–Kier alpha value is -3.46. The van der Waals surface area contributed by atoms with Gasteiger partial charge in [0.25, 0.3) is 6.01 Å². The topological polar surface area (TPSA) is 91.3 Å². The van der Waals surface area contributed by atoms with Crippen LogP contribution >= 0.6 is 0 Å². The number of oxazole rings is 1. The highest BCUT2D eigenvalue weighted by molar-refractivity contribution is 5.65. The highest BCUT2D eigenvalue weighted by Gasteiger charge is 2.08. The maximum Gasteiger partial charge on any atom is 0.299 e. The molecular weight excluding hydrogens is 292 g/mol. The Kier molecular flexibility index (Phi) is 3.85. The summed E-state index contributed by atoms with van der Waals surface area (Å²) in [4.78, 5) is 14.8. The molecule has 0 aliphatic rings. The number of nitriles is 1. The van der Waals surface area contributed by atoms with Gasteiger partial charge in [-0.15, -0.1) is 4.91 Å². The minimum atomic E-state index is 0.315. The summed E-state index contributed by atoms with van der Waals surface area (Å²) in [5.41, 5.74) is 3.38. The van der Waals surface area contributed by atoms with Gasteiger partial charge in [-0.3, -0.25) is 0 Å². The predicted octanol–water partition coefficient (Wildman–Crippen LogP) is 4.66. The van der Waals surface area contributed by atoms with E-state index in [9.17, 15) is 4.91 Å². The first-order valence-corrected chi connectivity index (χ1v) is 6.87. The van der Waals surface area contributed by atoms with E-state index in [-0.39, 0.29) is 0 Å². The van der Waals surface area contributed by atoms with Crippen molar-refractivity contribution >= 4 is 17.4 Å². The summed E-state index contributed by atoms with van der Waals surface area (Å²) >= 11 is 0. The van der Waals surface area contributed by atoms with Crippen LogP contribution in [0.1, 0.15) is 11.1 Å². The standard InChI is InChI=1S/C17H12N4O2/c1-11-2-7-14(21-22)8-15(11)20-17-19-10-16(23-17)13-5-3-12(9-18)4-6-13/h2-8,10H,1H3,(H,19,20). The SMILES string of the molecule is Cc1ccc(N=O)cc1Nc1ncc(-c2ccc(C#N)cc2)o1. The van der Waals surface area contributed by atoms with Crippen LogP contribution < -0.4 is 5.32 Å². The number of hydrogen-bond donors (Lipinski definition) is 1. The molecule has 3 aromatic rings. The van der Waals surface area contributed by atoms with E-state index in [1.54, 1.807) is 48.7 Å². The van der Waals surface area contributed by atoms with Crippen LogP contribution in [0.15, 0.2) is 58.3 Å². The van der Waals surface area contributed by atoms with Gasteiger partial charge in [-0.25, -0.2) is 4.98 Å². The van der Waals surface area contributed by atoms with E-state index < -0.39 is 0 Å². The summed E-state index contributed by atoms with van der Waals surface area (Å²) in [6.45, 7) is 1.90. The molecule has 0 fully saturated rings. The second-order valence-corrected chi connectivity index (χ2v) is 4.93. The zero-order valence-corrected chi connectivity index (χ0v) is 12.3. The minimum absolute atomic E-state index is 0.315. The second kappa shape index (κ2) is 6.12. The van der Waals surface area contributed by atoms with Gasteiger partial charge in [0.2, 0.25) is 0 Å². The molecule has 0 saturated carbocycles. The Balaban J connectivity index is 1.84. The number of nitroso groups, excluding NO2 is 1. The summed E-state index contributed by atoms with van der Waals surface area (Å²) in [6.07, 6.45) is 1.60. The Bertz CT molecular complexity index is 892. The number of hydrogen-bond acceptors (Lipinski definition) is 6. The first-order valence-electron chi connectivity index (χ1n) is 6.87. The quantitative estimate of drug-likeness (QED) is 0.707. The maximum absolute atomic E-state index is 10.6. The molecule has 0 atom stereocenters. The van der Waals surface area contributed by atoms with Gasteiger partial charge in [-0.2, -0.15) is 5.26 Å². The van der Waals surface area contributed by atoms with Gasteiger partial charge in [0, 0.05) is 11.3 Å². The highest BCUT2D eigenvalue weighted by atomic mass is 16.4. The van der Waals surface area contributed by atoms with Crippen molar-refractivity contribution < 1.29 is 4.42 Å². The summed E-state index contributed by atoms with van der Waals surface area (Å²) in [7, 11) is 0. The van der Waals surface area contributed by atoms with Crippen LogP contribution in [0.5, 0.6) is 0 Å². The number of benzene rings is 2. The summed E-state index contributed by atoms with van der Waals surface area (Å²) < 4.78 is 5.66. The van der Waals surface area contributed by atoms with Gasteiger partial charge in [-0.1, -0.05) is 6.07 Å². The number of nitrogens with zero attached hydrogens (tertiary/aromatic N) is 3. The molecule has 0 aliphatic carbocycles. The molecule has 112 valence electrons. The van der Waals surface area contributed by atoms with Gasteiger partial charge in [0.05, 0.1) is 17.8 Å². The molecule has 0 radical (unpaired) electrons. The van der Waals surface area contributed by atoms with Crippen molar-refractivity contribution in [3.05, 3.63) is 64.7 Å². The van der Waals surface area contributed by atoms with Crippen molar-refractivity contribution in [1.82, 2.24) is 4.98 Å². The maximum atomic E-state index is 10.6. The molecule has 1 aromatic heterocycles. The molecule has 0 amide bonds. The number of aryl methyl sites for hydroxylation is 1. The van der Waals surface area contributed by atoms with Crippen LogP contribution in [-0.4, -0.2) is 4.98 Å². The fourth-order valence-electron chi connectivity index (χ4n) is 2.09. The number of nitrogens with one attached hydrogen (secondary N) is 1. The fraction of sp³-hybridized carbons (Fsp3) is 0.0588. The number of rotatable bonds is 4. The number of anilines is 2. The van der Waals surface area contributed by atoms with Crippen molar-refractivity contribution in [2.75, 3.05) is 5.32 Å². The zero-order valence-electron chi connectivity index (χ0n) is 12.3. The molecule has 2 aromatic carbocycles. The lowest BCUT2D eigenvalue weighted by Crippen LogP contribution is -1.92. The largest absolute Gasteiger partial charge is 0.423 e.